The first-order valence-corrected chi connectivity index (χ1v) is 9.23. The summed E-state index contributed by atoms with van der Waals surface area (Å²) in [6.45, 7) is 11.1. The Morgan fingerprint density at radius 2 is 1.83 bits per heavy atom. The Morgan fingerprint density at radius 1 is 1.17 bits per heavy atom. The molecular formula is C21H32O2. The zero-order valence-electron chi connectivity index (χ0n) is 15.3. The average Bonchev–Trinajstić information content (AvgIpc) is 2.54. The average molecular weight is 316 g/mol. The highest BCUT2D eigenvalue weighted by Gasteiger charge is 2.33. The van der Waals surface area contributed by atoms with Gasteiger partial charge in [0.2, 0.25) is 0 Å². The van der Waals surface area contributed by atoms with Crippen LogP contribution < -0.4 is 0 Å². The second kappa shape index (κ2) is 7.99. The third-order valence-electron chi connectivity index (χ3n) is 5.55. The largest absolute Gasteiger partial charge is 0.458 e. The molecule has 0 heterocycles. The van der Waals surface area contributed by atoms with E-state index < -0.39 is 0 Å². The van der Waals surface area contributed by atoms with Crippen LogP contribution in [0.1, 0.15) is 82.1 Å². The molecule has 1 aliphatic carbocycles. The zero-order chi connectivity index (χ0) is 17.0. The Bertz CT molecular complexity index is 503. The van der Waals surface area contributed by atoms with Gasteiger partial charge in [0.15, 0.2) is 0 Å². The maximum absolute atomic E-state index is 12.5. The maximum atomic E-state index is 12.5. The first-order valence-electron chi connectivity index (χ1n) is 9.23. The number of hydrogen-bond acceptors (Lipinski definition) is 2. The van der Waals surface area contributed by atoms with Gasteiger partial charge in [0.05, 0.1) is 5.56 Å². The molecule has 0 N–H and O–H groups in total. The minimum absolute atomic E-state index is 0.0699. The predicted octanol–water partition coefficient (Wildman–Crippen LogP) is 5.82. The van der Waals surface area contributed by atoms with Gasteiger partial charge in [-0.05, 0) is 60.6 Å². The van der Waals surface area contributed by atoms with Crippen molar-refractivity contribution in [3.8, 4) is 0 Å². The van der Waals surface area contributed by atoms with E-state index in [9.17, 15) is 4.79 Å². The molecule has 1 saturated carbocycles. The van der Waals surface area contributed by atoms with Crippen LogP contribution in [0.15, 0.2) is 24.3 Å². The molecule has 1 fully saturated rings. The summed E-state index contributed by atoms with van der Waals surface area (Å²) in [5, 5.41) is 0. The summed E-state index contributed by atoms with van der Waals surface area (Å²) in [6, 6.07) is 7.96. The second-order valence-corrected chi connectivity index (χ2v) is 7.70. The van der Waals surface area contributed by atoms with Crippen molar-refractivity contribution < 1.29 is 9.53 Å². The molecule has 0 spiro atoms. The molecule has 1 unspecified atom stereocenters. The molecule has 4 atom stereocenters. The first kappa shape index (κ1) is 18.0. The number of hydrogen-bond donors (Lipinski definition) is 0. The molecule has 0 amide bonds. The number of ether oxygens (including phenoxy) is 1. The topological polar surface area (TPSA) is 26.3 Å². The number of esters is 1. The fourth-order valence-corrected chi connectivity index (χ4v) is 3.64. The zero-order valence-corrected chi connectivity index (χ0v) is 15.3. The van der Waals surface area contributed by atoms with E-state index in [4.69, 9.17) is 4.74 Å². The first-order chi connectivity index (χ1) is 10.9. The predicted molar refractivity (Wildman–Crippen MR) is 95.7 cm³/mol. The van der Waals surface area contributed by atoms with Crippen molar-refractivity contribution in [2.75, 3.05) is 0 Å². The highest BCUT2D eigenvalue weighted by atomic mass is 16.5. The van der Waals surface area contributed by atoms with E-state index in [0.29, 0.717) is 29.2 Å². The SMILES string of the molecule is CCC(C)c1ccc(C(=O)O[C@@H]2C[C@H](C)CC[C@H]2C(C)C)cc1. The van der Waals surface area contributed by atoms with Crippen LogP contribution in [0.3, 0.4) is 0 Å². The van der Waals surface area contributed by atoms with Crippen molar-refractivity contribution in [3.63, 3.8) is 0 Å². The highest BCUT2D eigenvalue weighted by molar-refractivity contribution is 5.89. The molecule has 0 aliphatic heterocycles. The van der Waals surface area contributed by atoms with Gasteiger partial charge in [0, 0.05) is 0 Å². The maximum Gasteiger partial charge on any atom is 0.338 e. The third kappa shape index (κ3) is 4.59. The monoisotopic (exact) mass is 316 g/mol. The summed E-state index contributed by atoms with van der Waals surface area (Å²) in [5.41, 5.74) is 1.97. The molecule has 0 saturated heterocycles. The van der Waals surface area contributed by atoms with Gasteiger partial charge in [-0.25, -0.2) is 4.79 Å². The van der Waals surface area contributed by atoms with E-state index in [1.807, 2.05) is 12.1 Å². The Kier molecular flexibility index (Phi) is 6.26. The van der Waals surface area contributed by atoms with Gasteiger partial charge < -0.3 is 4.74 Å². The molecule has 0 aromatic heterocycles. The lowest BCUT2D eigenvalue weighted by atomic mass is 9.75. The van der Waals surface area contributed by atoms with Gasteiger partial charge in [-0.3, -0.25) is 0 Å². The molecule has 128 valence electrons. The minimum atomic E-state index is -0.162. The van der Waals surface area contributed by atoms with Gasteiger partial charge >= 0.3 is 5.97 Å². The van der Waals surface area contributed by atoms with E-state index >= 15 is 0 Å². The highest BCUT2D eigenvalue weighted by Crippen LogP contribution is 2.35. The fraction of sp³-hybridized carbons (Fsp3) is 0.667. The Hall–Kier alpha value is -1.31. The Balaban J connectivity index is 2.04. The number of rotatable bonds is 5. The van der Waals surface area contributed by atoms with Crippen LogP contribution in [0.4, 0.5) is 0 Å². The van der Waals surface area contributed by atoms with Crippen molar-refractivity contribution >= 4 is 5.97 Å². The molecule has 0 bridgehead atoms. The van der Waals surface area contributed by atoms with E-state index in [-0.39, 0.29) is 12.1 Å². The second-order valence-electron chi connectivity index (χ2n) is 7.70. The summed E-state index contributed by atoms with van der Waals surface area (Å²) in [5.74, 6) is 2.08. The molecule has 2 heteroatoms. The van der Waals surface area contributed by atoms with Gasteiger partial charge in [0.25, 0.3) is 0 Å². The van der Waals surface area contributed by atoms with Crippen LogP contribution in [0.2, 0.25) is 0 Å². The third-order valence-corrected chi connectivity index (χ3v) is 5.55. The van der Waals surface area contributed by atoms with Crippen LogP contribution >= 0.6 is 0 Å². The van der Waals surface area contributed by atoms with Crippen molar-refractivity contribution in [3.05, 3.63) is 35.4 Å². The molecule has 2 nitrogen and oxygen atoms in total. The van der Waals surface area contributed by atoms with Gasteiger partial charge in [0.1, 0.15) is 6.10 Å². The quantitative estimate of drug-likeness (QED) is 0.640. The summed E-state index contributed by atoms with van der Waals surface area (Å²) >= 11 is 0. The van der Waals surface area contributed by atoms with Gasteiger partial charge in [-0.2, -0.15) is 0 Å². The Labute approximate surface area is 141 Å². The van der Waals surface area contributed by atoms with E-state index in [2.05, 4.69) is 46.8 Å². The number of benzene rings is 1. The lowest BCUT2D eigenvalue weighted by Gasteiger charge is -2.36. The summed E-state index contributed by atoms with van der Waals surface area (Å²) < 4.78 is 5.91. The van der Waals surface area contributed by atoms with Crippen molar-refractivity contribution in [2.24, 2.45) is 17.8 Å². The normalized spacial score (nSPS) is 26.1. The molecule has 23 heavy (non-hydrogen) atoms. The molecule has 2 rings (SSSR count). The van der Waals surface area contributed by atoms with Crippen LogP contribution in [-0.4, -0.2) is 12.1 Å². The standard InChI is InChI=1S/C21H32O2/c1-6-16(5)17-8-10-18(11-9-17)21(22)23-20-13-15(4)7-12-19(20)14(2)3/h8-11,14-16,19-20H,6-7,12-13H2,1-5H3/t15-,16?,19+,20-/m1/s1. The van der Waals surface area contributed by atoms with Crippen LogP contribution in [0.5, 0.6) is 0 Å². The summed E-state index contributed by atoms with van der Waals surface area (Å²) in [6.07, 6.45) is 4.60. The molecule has 1 aromatic carbocycles. The van der Waals surface area contributed by atoms with Crippen LogP contribution in [0, 0.1) is 17.8 Å². The van der Waals surface area contributed by atoms with E-state index in [1.54, 1.807) is 0 Å². The fourth-order valence-electron chi connectivity index (χ4n) is 3.64. The van der Waals surface area contributed by atoms with E-state index in [1.165, 1.54) is 18.4 Å². The summed E-state index contributed by atoms with van der Waals surface area (Å²) in [7, 11) is 0. The van der Waals surface area contributed by atoms with Gasteiger partial charge in [-0.1, -0.05) is 53.2 Å². The minimum Gasteiger partial charge on any atom is -0.458 e. The smallest absolute Gasteiger partial charge is 0.338 e. The molecule has 1 aromatic rings. The lowest BCUT2D eigenvalue weighted by molar-refractivity contribution is -0.0174. The molecule has 0 radical (unpaired) electrons. The summed E-state index contributed by atoms with van der Waals surface area (Å²) in [4.78, 5) is 12.5. The number of carbonyl (C=O) groups is 1. The lowest BCUT2D eigenvalue weighted by Crippen LogP contribution is -2.35. The van der Waals surface area contributed by atoms with Crippen LogP contribution in [0.25, 0.3) is 0 Å². The molecular weight excluding hydrogens is 284 g/mol. The van der Waals surface area contributed by atoms with Crippen LogP contribution in [-0.2, 0) is 4.74 Å². The van der Waals surface area contributed by atoms with Gasteiger partial charge in [-0.15, -0.1) is 0 Å². The van der Waals surface area contributed by atoms with Crippen molar-refractivity contribution in [1.29, 1.82) is 0 Å². The van der Waals surface area contributed by atoms with Crippen molar-refractivity contribution in [1.82, 2.24) is 0 Å². The van der Waals surface area contributed by atoms with E-state index in [0.717, 1.165) is 12.8 Å². The number of carbonyl (C=O) groups excluding carboxylic acids is 1. The van der Waals surface area contributed by atoms with Crippen molar-refractivity contribution in [2.45, 2.75) is 72.3 Å². The molecule has 1 aliphatic rings. The Morgan fingerprint density at radius 3 is 2.39 bits per heavy atom.